The first-order valence-corrected chi connectivity index (χ1v) is 10.5. The van der Waals surface area contributed by atoms with Crippen molar-refractivity contribution >= 4 is 11.6 Å². The molecule has 1 fully saturated rings. The third-order valence-corrected chi connectivity index (χ3v) is 5.32. The number of aliphatic hydroxyl groups is 1. The first kappa shape index (κ1) is 22.7. The number of hydrogen-bond acceptors (Lipinski definition) is 5. The van der Waals surface area contributed by atoms with Crippen LogP contribution in [0.2, 0.25) is 0 Å². The zero-order chi connectivity index (χ0) is 22.2. The summed E-state index contributed by atoms with van der Waals surface area (Å²) in [5.74, 6) is 1.79. The maximum absolute atomic E-state index is 13.2. The quantitative estimate of drug-likeness (QED) is 0.520. The summed E-state index contributed by atoms with van der Waals surface area (Å²) in [5.41, 5.74) is 1.66. The van der Waals surface area contributed by atoms with Crippen molar-refractivity contribution in [2.75, 3.05) is 58.4 Å². The summed E-state index contributed by atoms with van der Waals surface area (Å²) in [6, 6.07) is 11.9. The molecule has 2 aromatic carbocycles. The van der Waals surface area contributed by atoms with E-state index in [2.05, 4.69) is 20.1 Å². The van der Waals surface area contributed by atoms with Crippen LogP contribution in [-0.2, 0) is 0 Å². The van der Waals surface area contributed by atoms with Crippen LogP contribution in [0.15, 0.2) is 47.5 Å². The number of halogens is 1. The number of guanidine groups is 1. The van der Waals surface area contributed by atoms with Crippen molar-refractivity contribution in [2.45, 2.75) is 13.0 Å². The molecule has 1 heterocycles. The van der Waals surface area contributed by atoms with Gasteiger partial charge in [0, 0.05) is 44.0 Å². The lowest BCUT2D eigenvalue weighted by Crippen LogP contribution is -2.52. The first-order valence-electron chi connectivity index (χ1n) is 10.5. The monoisotopic (exact) mass is 430 g/mol. The van der Waals surface area contributed by atoms with E-state index < -0.39 is 6.10 Å². The van der Waals surface area contributed by atoms with Crippen molar-refractivity contribution in [1.29, 1.82) is 0 Å². The van der Waals surface area contributed by atoms with Crippen LogP contribution in [0.25, 0.3) is 0 Å². The largest absolute Gasteiger partial charge is 0.497 e. The summed E-state index contributed by atoms with van der Waals surface area (Å²) in [4.78, 5) is 9.08. The van der Waals surface area contributed by atoms with Gasteiger partial charge in [0.2, 0.25) is 0 Å². The van der Waals surface area contributed by atoms with Crippen molar-refractivity contribution in [3.05, 3.63) is 53.8 Å². The molecule has 168 valence electrons. The number of anilines is 1. The lowest BCUT2D eigenvalue weighted by molar-refractivity contribution is 0.181. The number of ether oxygens (including phenoxy) is 2. The van der Waals surface area contributed by atoms with E-state index in [9.17, 15) is 9.50 Å². The molecule has 0 bridgehead atoms. The van der Waals surface area contributed by atoms with Gasteiger partial charge in [0.25, 0.3) is 0 Å². The zero-order valence-electron chi connectivity index (χ0n) is 18.3. The van der Waals surface area contributed by atoms with Crippen molar-refractivity contribution in [3.8, 4) is 11.5 Å². The van der Waals surface area contributed by atoms with Crippen LogP contribution in [0.1, 0.15) is 18.6 Å². The molecule has 0 radical (unpaired) electrons. The van der Waals surface area contributed by atoms with E-state index >= 15 is 0 Å². The summed E-state index contributed by atoms with van der Waals surface area (Å²) >= 11 is 0. The van der Waals surface area contributed by atoms with Gasteiger partial charge in [-0.1, -0.05) is 0 Å². The second-order valence-electron chi connectivity index (χ2n) is 7.27. The van der Waals surface area contributed by atoms with Crippen LogP contribution in [0.4, 0.5) is 10.1 Å². The summed E-state index contributed by atoms with van der Waals surface area (Å²) in [7, 11) is 3.16. The first-order chi connectivity index (χ1) is 15.0. The number of aliphatic hydroxyl groups excluding tert-OH is 1. The highest BCUT2D eigenvalue weighted by Crippen LogP contribution is 2.29. The van der Waals surface area contributed by atoms with Crippen molar-refractivity contribution in [3.63, 3.8) is 0 Å². The Labute approximate surface area is 183 Å². The van der Waals surface area contributed by atoms with E-state index in [1.54, 1.807) is 32.4 Å². The maximum Gasteiger partial charge on any atom is 0.194 e. The Kier molecular flexibility index (Phi) is 7.94. The number of nitrogens with zero attached hydrogens (tertiary/aromatic N) is 3. The minimum absolute atomic E-state index is 0.198. The normalized spacial score (nSPS) is 15.6. The van der Waals surface area contributed by atoms with Crippen molar-refractivity contribution in [2.24, 2.45) is 4.99 Å². The number of rotatable bonds is 7. The Morgan fingerprint density at radius 2 is 1.81 bits per heavy atom. The zero-order valence-corrected chi connectivity index (χ0v) is 18.3. The van der Waals surface area contributed by atoms with E-state index in [4.69, 9.17) is 9.47 Å². The average molecular weight is 431 g/mol. The van der Waals surface area contributed by atoms with Crippen LogP contribution in [0.3, 0.4) is 0 Å². The van der Waals surface area contributed by atoms with Gasteiger partial charge in [0.05, 0.1) is 20.8 Å². The van der Waals surface area contributed by atoms with Crippen LogP contribution >= 0.6 is 0 Å². The van der Waals surface area contributed by atoms with Gasteiger partial charge in [-0.2, -0.15) is 0 Å². The van der Waals surface area contributed by atoms with Gasteiger partial charge in [-0.05, 0) is 49.4 Å². The third-order valence-electron chi connectivity index (χ3n) is 5.32. The second-order valence-corrected chi connectivity index (χ2v) is 7.27. The summed E-state index contributed by atoms with van der Waals surface area (Å²) in [6.45, 7) is 6.12. The molecule has 2 aromatic rings. The number of benzene rings is 2. The second kappa shape index (κ2) is 10.9. The number of nitrogens with one attached hydrogen (secondary N) is 1. The molecule has 7 nitrogen and oxygen atoms in total. The SMILES string of the molecule is CCNC(=NCC(O)c1cc(OC)ccc1OC)N1CCN(c2ccc(F)cc2)CC1. The third kappa shape index (κ3) is 5.79. The van der Waals surface area contributed by atoms with Gasteiger partial charge >= 0.3 is 0 Å². The van der Waals surface area contributed by atoms with Gasteiger partial charge < -0.3 is 29.7 Å². The molecule has 1 aliphatic heterocycles. The molecular formula is C23H31FN4O3. The minimum atomic E-state index is -0.820. The minimum Gasteiger partial charge on any atom is -0.497 e. The van der Waals surface area contributed by atoms with Crippen molar-refractivity contribution < 1.29 is 19.0 Å². The lowest BCUT2D eigenvalue weighted by atomic mass is 10.1. The number of aliphatic imine (C=N–C) groups is 1. The van der Waals surface area contributed by atoms with Gasteiger partial charge in [-0.15, -0.1) is 0 Å². The molecule has 0 aromatic heterocycles. The number of methoxy groups -OCH3 is 2. The molecule has 0 spiro atoms. The molecule has 1 saturated heterocycles. The van der Waals surface area contributed by atoms with E-state index in [1.807, 2.05) is 19.1 Å². The lowest BCUT2D eigenvalue weighted by Gasteiger charge is -2.37. The highest BCUT2D eigenvalue weighted by atomic mass is 19.1. The topological polar surface area (TPSA) is 69.6 Å². The van der Waals surface area contributed by atoms with Crippen molar-refractivity contribution in [1.82, 2.24) is 10.2 Å². The Bertz CT molecular complexity index is 868. The molecule has 0 saturated carbocycles. The molecule has 3 rings (SSSR count). The predicted molar refractivity (Wildman–Crippen MR) is 121 cm³/mol. The molecule has 0 amide bonds. The Hall–Kier alpha value is -3.00. The summed E-state index contributed by atoms with van der Waals surface area (Å²) < 4.78 is 23.8. The van der Waals surface area contributed by atoms with Crippen LogP contribution in [0, 0.1) is 5.82 Å². The molecule has 1 aliphatic rings. The number of piperazine rings is 1. The standard InChI is InChI=1S/C23H31FN4O3/c1-4-25-23(26-16-21(29)20-15-19(30-2)9-10-22(20)31-3)28-13-11-27(12-14-28)18-7-5-17(24)6-8-18/h5-10,15,21,29H,4,11-14,16H2,1-3H3,(H,25,26). The Balaban J connectivity index is 1.66. The van der Waals surface area contributed by atoms with E-state index in [0.29, 0.717) is 17.1 Å². The van der Waals surface area contributed by atoms with Gasteiger partial charge in [-0.3, -0.25) is 4.99 Å². The fourth-order valence-corrected chi connectivity index (χ4v) is 3.63. The van der Waals surface area contributed by atoms with Crippen LogP contribution in [-0.4, -0.2) is 69.5 Å². The number of hydrogen-bond donors (Lipinski definition) is 2. The summed E-state index contributed by atoms with van der Waals surface area (Å²) in [6.07, 6.45) is -0.820. The Morgan fingerprint density at radius 3 is 2.42 bits per heavy atom. The molecule has 31 heavy (non-hydrogen) atoms. The van der Waals surface area contributed by atoms with E-state index in [1.165, 1.54) is 12.1 Å². The molecule has 1 unspecified atom stereocenters. The summed E-state index contributed by atoms with van der Waals surface area (Å²) in [5, 5.41) is 14.1. The van der Waals surface area contributed by atoms with E-state index in [-0.39, 0.29) is 12.4 Å². The molecule has 8 heteroatoms. The smallest absolute Gasteiger partial charge is 0.194 e. The van der Waals surface area contributed by atoms with E-state index in [0.717, 1.165) is 44.4 Å². The van der Waals surface area contributed by atoms with Crippen LogP contribution in [0.5, 0.6) is 11.5 Å². The maximum atomic E-state index is 13.2. The fraction of sp³-hybridized carbons (Fsp3) is 0.435. The Morgan fingerprint density at radius 1 is 1.10 bits per heavy atom. The molecule has 0 aliphatic carbocycles. The molecule has 2 N–H and O–H groups in total. The molecular weight excluding hydrogens is 399 g/mol. The predicted octanol–water partition coefficient (Wildman–Crippen LogP) is 2.66. The average Bonchev–Trinajstić information content (AvgIpc) is 2.81. The fourth-order valence-electron chi connectivity index (χ4n) is 3.63. The van der Waals surface area contributed by atoms with Crippen LogP contribution < -0.4 is 19.7 Å². The highest BCUT2D eigenvalue weighted by molar-refractivity contribution is 5.80. The van der Waals surface area contributed by atoms with Gasteiger partial charge in [-0.25, -0.2) is 4.39 Å². The van der Waals surface area contributed by atoms with Gasteiger partial charge in [0.1, 0.15) is 23.4 Å². The van der Waals surface area contributed by atoms with Gasteiger partial charge in [0.15, 0.2) is 5.96 Å². The molecule has 1 atom stereocenters. The highest BCUT2D eigenvalue weighted by Gasteiger charge is 2.21.